The minimum atomic E-state index is 0.270. The highest BCUT2D eigenvalue weighted by atomic mass is 16.5. The van der Waals surface area contributed by atoms with E-state index in [-0.39, 0.29) is 6.04 Å². The molecule has 0 unspecified atom stereocenters. The zero-order valence-electron chi connectivity index (χ0n) is 9.73. The Hall–Kier alpha value is -0.930. The Balaban J connectivity index is 2.50. The Morgan fingerprint density at radius 2 is 2.27 bits per heavy atom. The number of nitrogens with zero attached hydrogens (tertiary/aromatic N) is 1. The van der Waals surface area contributed by atoms with Crippen LogP contribution in [0.5, 0.6) is 0 Å². The first-order valence-electron chi connectivity index (χ1n) is 5.43. The molecule has 0 aliphatic heterocycles. The SMILES string of the molecule is CC[C@H](COC)N[C@@H](C)c1ccccn1. The van der Waals surface area contributed by atoms with Gasteiger partial charge in [0.1, 0.15) is 0 Å². The van der Waals surface area contributed by atoms with Crippen LogP contribution in [0, 0.1) is 0 Å². The van der Waals surface area contributed by atoms with Crippen LogP contribution in [0.25, 0.3) is 0 Å². The molecule has 3 heteroatoms. The lowest BCUT2D eigenvalue weighted by molar-refractivity contribution is 0.159. The Morgan fingerprint density at radius 1 is 1.47 bits per heavy atom. The van der Waals surface area contributed by atoms with Gasteiger partial charge in [-0.15, -0.1) is 0 Å². The smallest absolute Gasteiger partial charge is 0.0615 e. The van der Waals surface area contributed by atoms with Crippen molar-refractivity contribution in [2.24, 2.45) is 0 Å². The van der Waals surface area contributed by atoms with Crippen molar-refractivity contribution in [3.05, 3.63) is 30.1 Å². The summed E-state index contributed by atoms with van der Waals surface area (Å²) in [5, 5.41) is 3.50. The number of rotatable bonds is 6. The lowest BCUT2D eigenvalue weighted by atomic mass is 10.1. The van der Waals surface area contributed by atoms with Crippen LogP contribution >= 0.6 is 0 Å². The predicted octanol–water partition coefficient (Wildman–Crippen LogP) is 2.16. The Morgan fingerprint density at radius 3 is 2.80 bits per heavy atom. The summed E-state index contributed by atoms with van der Waals surface area (Å²) in [6.45, 7) is 5.02. The van der Waals surface area contributed by atoms with E-state index in [9.17, 15) is 0 Å². The standard InChI is InChI=1S/C12H20N2O/c1-4-11(9-15-3)14-10(2)12-7-5-6-8-13-12/h5-8,10-11,14H,4,9H2,1-3H3/t10-,11+/m0/s1. The fourth-order valence-electron chi connectivity index (χ4n) is 1.56. The third-order valence-corrected chi connectivity index (χ3v) is 2.48. The van der Waals surface area contributed by atoms with E-state index >= 15 is 0 Å². The summed E-state index contributed by atoms with van der Waals surface area (Å²) in [7, 11) is 1.73. The molecule has 0 saturated heterocycles. The molecule has 0 aliphatic carbocycles. The van der Waals surface area contributed by atoms with Gasteiger partial charge in [-0.25, -0.2) is 0 Å². The fraction of sp³-hybridized carbons (Fsp3) is 0.583. The average molecular weight is 208 g/mol. The molecule has 1 aromatic rings. The molecule has 1 rings (SSSR count). The van der Waals surface area contributed by atoms with Crippen molar-refractivity contribution in [3.8, 4) is 0 Å². The molecule has 0 bridgehead atoms. The second-order valence-corrected chi connectivity index (χ2v) is 3.70. The van der Waals surface area contributed by atoms with Crippen LogP contribution in [-0.4, -0.2) is 24.7 Å². The molecule has 0 saturated carbocycles. The van der Waals surface area contributed by atoms with Gasteiger partial charge in [-0.1, -0.05) is 13.0 Å². The van der Waals surface area contributed by atoms with Gasteiger partial charge in [0.15, 0.2) is 0 Å². The summed E-state index contributed by atoms with van der Waals surface area (Å²) in [5.41, 5.74) is 1.08. The van der Waals surface area contributed by atoms with E-state index in [0.717, 1.165) is 18.7 Å². The maximum Gasteiger partial charge on any atom is 0.0615 e. The number of hydrogen-bond donors (Lipinski definition) is 1. The Kier molecular flexibility index (Phi) is 5.29. The molecular formula is C12H20N2O. The molecule has 0 fully saturated rings. The molecule has 1 aromatic heterocycles. The van der Waals surface area contributed by atoms with E-state index in [2.05, 4.69) is 24.1 Å². The number of nitrogens with one attached hydrogen (secondary N) is 1. The highest BCUT2D eigenvalue weighted by Crippen LogP contribution is 2.09. The van der Waals surface area contributed by atoms with Gasteiger partial charge in [-0.05, 0) is 25.5 Å². The second kappa shape index (κ2) is 6.53. The van der Waals surface area contributed by atoms with E-state index < -0.39 is 0 Å². The van der Waals surface area contributed by atoms with Gasteiger partial charge >= 0.3 is 0 Å². The molecule has 2 atom stereocenters. The molecule has 15 heavy (non-hydrogen) atoms. The quantitative estimate of drug-likeness (QED) is 0.778. The highest BCUT2D eigenvalue weighted by molar-refractivity contribution is 5.07. The van der Waals surface area contributed by atoms with Crippen LogP contribution in [-0.2, 0) is 4.74 Å². The van der Waals surface area contributed by atoms with Crippen LogP contribution in [0.1, 0.15) is 32.0 Å². The lowest BCUT2D eigenvalue weighted by Gasteiger charge is -2.21. The summed E-state index contributed by atoms with van der Waals surface area (Å²) in [5.74, 6) is 0. The Labute approximate surface area is 91.9 Å². The van der Waals surface area contributed by atoms with E-state index in [0.29, 0.717) is 6.04 Å². The van der Waals surface area contributed by atoms with Crippen molar-refractivity contribution in [3.63, 3.8) is 0 Å². The molecular weight excluding hydrogens is 188 g/mol. The van der Waals surface area contributed by atoms with Crippen LogP contribution in [0.15, 0.2) is 24.4 Å². The largest absolute Gasteiger partial charge is 0.383 e. The first-order chi connectivity index (χ1) is 7.27. The fourth-order valence-corrected chi connectivity index (χ4v) is 1.56. The van der Waals surface area contributed by atoms with Crippen LogP contribution in [0.3, 0.4) is 0 Å². The topological polar surface area (TPSA) is 34.1 Å². The minimum absolute atomic E-state index is 0.270. The first kappa shape index (κ1) is 12.1. The van der Waals surface area contributed by atoms with E-state index in [1.807, 2.05) is 24.4 Å². The predicted molar refractivity (Wildman–Crippen MR) is 61.7 cm³/mol. The molecule has 0 aliphatic rings. The van der Waals surface area contributed by atoms with Gasteiger partial charge in [0, 0.05) is 25.4 Å². The molecule has 3 nitrogen and oxygen atoms in total. The van der Waals surface area contributed by atoms with Gasteiger partial charge in [0.25, 0.3) is 0 Å². The molecule has 0 aromatic carbocycles. The van der Waals surface area contributed by atoms with Crippen molar-refractivity contribution >= 4 is 0 Å². The zero-order valence-corrected chi connectivity index (χ0v) is 9.73. The molecule has 1 heterocycles. The molecule has 1 N–H and O–H groups in total. The maximum atomic E-state index is 5.15. The summed E-state index contributed by atoms with van der Waals surface area (Å²) < 4.78 is 5.15. The average Bonchev–Trinajstić information content (AvgIpc) is 2.29. The van der Waals surface area contributed by atoms with Crippen molar-refractivity contribution in [1.29, 1.82) is 0 Å². The minimum Gasteiger partial charge on any atom is -0.383 e. The summed E-state index contributed by atoms with van der Waals surface area (Å²) in [6, 6.07) is 6.65. The van der Waals surface area contributed by atoms with Gasteiger partial charge < -0.3 is 10.1 Å². The van der Waals surface area contributed by atoms with E-state index in [1.165, 1.54) is 0 Å². The van der Waals surface area contributed by atoms with Crippen molar-refractivity contribution in [2.75, 3.05) is 13.7 Å². The normalized spacial score (nSPS) is 14.9. The number of ether oxygens (including phenoxy) is 1. The summed E-state index contributed by atoms with van der Waals surface area (Å²) >= 11 is 0. The van der Waals surface area contributed by atoms with Crippen molar-refractivity contribution < 1.29 is 4.74 Å². The van der Waals surface area contributed by atoms with E-state index in [1.54, 1.807) is 7.11 Å². The number of hydrogen-bond acceptors (Lipinski definition) is 3. The zero-order chi connectivity index (χ0) is 11.1. The van der Waals surface area contributed by atoms with Gasteiger partial charge in [0.05, 0.1) is 12.3 Å². The van der Waals surface area contributed by atoms with Crippen LogP contribution in [0.2, 0.25) is 0 Å². The highest BCUT2D eigenvalue weighted by Gasteiger charge is 2.11. The lowest BCUT2D eigenvalue weighted by Crippen LogP contribution is -2.34. The molecule has 0 radical (unpaired) electrons. The number of methoxy groups -OCH3 is 1. The third kappa shape index (κ3) is 3.98. The summed E-state index contributed by atoms with van der Waals surface area (Å²) in [6.07, 6.45) is 2.88. The van der Waals surface area contributed by atoms with Crippen LogP contribution < -0.4 is 5.32 Å². The third-order valence-electron chi connectivity index (χ3n) is 2.48. The number of aromatic nitrogens is 1. The van der Waals surface area contributed by atoms with Gasteiger partial charge in [0.2, 0.25) is 0 Å². The van der Waals surface area contributed by atoms with Crippen molar-refractivity contribution in [2.45, 2.75) is 32.4 Å². The molecule has 84 valence electrons. The second-order valence-electron chi connectivity index (χ2n) is 3.70. The number of pyridine rings is 1. The van der Waals surface area contributed by atoms with Crippen LogP contribution in [0.4, 0.5) is 0 Å². The first-order valence-corrected chi connectivity index (χ1v) is 5.43. The molecule has 0 spiro atoms. The van der Waals surface area contributed by atoms with Crippen molar-refractivity contribution in [1.82, 2.24) is 10.3 Å². The summed E-state index contributed by atoms with van der Waals surface area (Å²) in [4.78, 5) is 4.32. The molecule has 0 amide bonds. The Bertz CT molecular complexity index is 264. The van der Waals surface area contributed by atoms with Gasteiger partial charge in [-0.2, -0.15) is 0 Å². The van der Waals surface area contributed by atoms with Gasteiger partial charge in [-0.3, -0.25) is 4.98 Å². The van der Waals surface area contributed by atoms with E-state index in [4.69, 9.17) is 4.74 Å². The maximum absolute atomic E-state index is 5.15. The monoisotopic (exact) mass is 208 g/mol.